The Morgan fingerprint density at radius 2 is 1.02 bits per heavy atom. The number of nitrogens with one attached hydrogen (secondary N) is 1. The molecular weight excluding hydrogens is 695 g/mol. The van der Waals surface area contributed by atoms with Crippen LogP contribution >= 0.6 is 7.82 Å². The molecule has 8 nitrogen and oxygen atoms in total. The lowest BCUT2D eigenvalue weighted by Gasteiger charge is -2.25. The van der Waals surface area contributed by atoms with Crippen LogP contribution in [0.4, 0.5) is 0 Å². The third kappa shape index (κ3) is 38.7. The van der Waals surface area contributed by atoms with E-state index in [1.807, 2.05) is 27.2 Å². The number of aliphatic hydroxyl groups excluding tert-OH is 1. The highest BCUT2D eigenvalue weighted by Crippen LogP contribution is 2.43. The predicted octanol–water partition coefficient (Wildman–Crippen LogP) is 12.1. The molecule has 3 atom stereocenters. The van der Waals surface area contributed by atoms with Gasteiger partial charge in [0.05, 0.1) is 39.9 Å². The van der Waals surface area contributed by atoms with E-state index in [2.05, 4.69) is 55.6 Å². The number of carbonyl (C=O) groups excluding carboxylic acids is 1. The molecule has 0 bridgehead atoms. The number of aliphatic hydroxyl groups is 1. The Kier molecular flexibility index (Phi) is 36.0. The molecule has 0 aliphatic carbocycles. The quantitative estimate of drug-likeness (QED) is 0.0248. The molecule has 0 rings (SSSR count). The number of unbranched alkanes of at least 4 members (excludes halogenated alkanes) is 20. The zero-order valence-electron chi connectivity index (χ0n) is 35.7. The van der Waals surface area contributed by atoms with Crippen LogP contribution in [0.15, 0.2) is 48.6 Å². The molecule has 0 aromatic heterocycles. The fourth-order valence-electron chi connectivity index (χ4n) is 5.95. The van der Waals surface area contributed by atoms with Crippen LogP contribution in [0.2, 0.25) is 0 Å². The van der Waals surface area contributed by atoms with Gasteiger partial charge in [0.2, 0.25) is 5.91 Å². The lowest BCUT2D eigenvalue weighted by molar-refractivity contribution is -0.870. The molecule has 0 saturated heterocycles. The minimum atomic E-state index is -4.35. The highest BCUT2D eigenvalue weighted by molar-refractivity contribution is 7.47. The molecule has 0 aromatic rings. The van der Waals surface area contributed by atoms with Gasteiger partial charge in [0.15, 0.2) is 0 Å². The van der Waals surface area contributed by atoms with Crippen molar-refractivity contribution >= 4 is 13.7 Å². The van der Waals surface area contributed by atoms with Crippen LogP contribution in [-0.2, 0) is 18.4 Å². The first-order valence-electron chi connectivity index (χ1n) is 22.0. The molecule has 0 fully saturated rings. The molecule has 9 heteroatoms. The van der Waals surface area contributed by atoms with Crippen molar-refractivity contribution in [3.63, 3.8) is 0 Å². The monoisotopic (exact) mass is 782 g/mol. The summed E-state index contributed by atoms with van der Waals surface area (Å²) in [5.41, 5.74) is 0. The first kappa shape index (κ1) is 52.5. The highest BCUT2D eigenvalue weighted by atomic mass is 31.2. The van der Waals surface area contributed by atoms with Gasteiger partial charge in [0.1, 0.15) is 13.2 Å². The Morgan fingerprint density at radius 1 is 0.611 bits per heavy atom. The van der Waals surface area contributed by atoms with E-state index in [4.69, 9.17) is 9.05 Å². The number of phosphoric ester groups is 1. The van der Waals surface area contributed by atoms with Gasteiger partial charge in [-0.15, -0.1) is 0 Å². The Hall–Kier alpha value is -1.54. The third-order valence-electron chi connectivity index (χ3n) is 9.50. The molecule has 1 amide bonds. The molecule has 0 spiro atoms. The lowest BCUT2D eigenvalue weighted by Crippen LogP contribution is -2.45. The molecule has 316 valence electrons. The van der Waals surface area contributed by atoms with Crippen molar-refractivity contribution in [3.8, 4) is 0 Å². The van der Waals surface area contributed by atoms with Crippen molar-refractivity contribution in [3.05, 3.63) is 48.6 Å². The molecule has 0 aliphatic rings. The topological polar surface area (TPSA) is 105 Å². The van der Waals surface area contributed by atoms with E-state index in [-0.39, 0.29) is 19.1 Å². The van der Waals surface area contributed by atoms with Gasteiger partial charge in [0.25, 0.3) is 0 Å². The number of amides is 1. The van der Waals surface area contributed by atoms with Gasteiger partial charge < -0.3 is 19.8 Å². The Labute approximate surface area is 333 Å². The molecule has 0 heterocycles. The van der Waals surface area contributed by atoms with Gasteiger partial charge in [-0.3, -0.25) is 13.8 Å². The number of quaternary nitrogens is 1. The maximum atomic E-state index is 12.8. The van der Waals surface area contributed by atoms with Gasteiger partial charge in [-0.05, 0) is 70.6 Å². The van der Waals surface area contributed by atoms with Gasteiger partial charge in [-0.1, -0.05) is 152 Å². The molecular formula is C45H86N2O6P+. The summed E-state index contributed by atoms with van der Waals surface area (Å²) in [6.45, 7) is 4.74. The fraction of sp³-hybridized carbons (Fsp3) is 0.800. The average molecular weight is 782 g/mol. The average Bonchev–Trinajstić information content (AvgIpc) is 3.12. The second-order valence-corrected chi connectivity index (χ2v) is 17.5. The summed E-state index contributed by atoms with van der Waals surface area (Å²) in [7, 11) is 1.53. The van der Waals surface area contributed by atoms with Gasteiger partial charge >= 0.3 is 7.82 Å². The molecule has 0 saturated carbocycles. The number of phosphoric acid groups is 1. The van der Waals surface area contributed by atoms with Crippen LogP contribution in [0.25, 0.3) is 0 Å². The van der Waals surface area contributed by atoms with E-state index in [9.17, 15) is 19.4 Å². The van der Waals surface area contributed by atoms with Crippen LogP contribution in [0, 0.1) is 0 Å². The number of allylic oxidation sites excluding steroid dienone is 7. The van der Waals surface area contributed by atoms with Crippen molar-refractivity contribution in [2.75, 3.05) is 40.9 Å². The van der Waals surface area contributed by atoms with E-state index in [0.29, 0.717) is 17.4 Å². The number of hydrogen-bond acceptors (Lipinski definition) is 5. The summed E-state index contributed by atoms with van der Waals surface area (Å²) in [6, 6.07) is -0.872. The van der Waals surface area contributed by atoms with E-state index < -0.39 is 20.0 Å². The van der Waals surface area contributed by atoms with Crippen LogP contribution in [0.3, 0.4) is 0 Å². The molecule has 0 aromatic carbocycles. The van der Waals surface area contributed by atoms with Crippen LogP contribution in [-0.4, -0.2) is 73.4 Å². The summed E-state index contributed by atoms with van der Waals surface area (Å²) in [5, 5.41) is 13.8. The second kappa shape index (κ2) is 37.1. The van der Waals surface area contributed by atoms with Crippen molar-refractivity contribution in [1.29, 1.82) is 0 Å². The first-order valence-corrected chi connectivity index (χ1v) is 23.5. The maximum Gasteiger partial charge on any atom is 0.472 e. The Balaban J connectivity index is 4.51. The maximum absolute atomic E-state index is 12.8. The zero-order chi connectivity index (χ0) is 40.0. The largest absolute Gasteiger partial charge is 0.472 e. The van der Waals surface area contributed by atoms with Gasteiger partial charge in [-0.2, -0.15) is 0 Å². The summed E-state index contributed by atoms with van der Waals surface area (Å²) in [5.74, 6) is -0.203. The van der Waals surface area contributed by atoms with Gasteiger partial charge in [0, 0.05) is 6.42 Å². The SMILES string of the molecule is CCCCC/C=C\CCCCCCCC(=O)NC(COP(=O)(O)OCC[N+](C)(C)C)C(O)/C=C/CC/C=C/CC/C=C/CCCCCCCCCCCC. The van der Waals surface area contributed by atoms with Crippen molar-refractivity contribution in [1.82, 2.24) is 5.32 Å². The first-order chi connectivity index (χ1) is 26.0. The summed E-state index contributed by atoms with van der Waals surface area (Å²) in [6.07, 6.45) is 46.1. The normalized spacial score (nSPS) is 14.9. The van der Waals surface area contributed by atoms with Crippen molar-refractivity contribution < 1.29 is 32.9 Å². The highest BCUT2D eigenvalue weighted by Gasteiger charge is 2.27. The van der Waals surface area contributed by atoms with E-state index in [1.54, 1.807) is 6.08 Å². The predicted molar refractivity (Wildman–Crippen MR) is 231 cm³/mol. The fourth-order valence-corrected chi connectivity index (χ4v) is 6.68. The van der Waals surface area contributed by atoms with Crippen molar-refractivity contribution in [2.45, 2.75) is 193 Å². The Bertz CT molecular complexity index is 1020. The third-order valence-corrected chi connectivity index (χ3v) is 10.5. The minimum Gasteiger partial charge on any atom is -0.387 e. The minimum absolute atomic E-state index is 0.0508. The summed E-state index contributed by atoms with van der Waals surface area (Å²) in [4.78, 5) is 23.0. The smallest absolute Gasteiger partial charge is 0.387 e. The Morgan fingerprint density at radius 3 is 1.52 bits per heavy atom. The van der Waals surface area contributed by atoms with E-state index in [1.165, 1.54) is 103 Å². The van der Waals surface area contributed by atoms with Crippen LogP contribution in [0.5, 0.6) is 0 Å². The molecule has 3 unspecified atom stereocenters. The van der Waals surface area contributed by atoms with Crippen LogP contribution in [0.1, 0.15) is 181 Å². The molecule has 3 N–H and O–H groups in total. The van der Waals surface area contributed by atoms with E-state index in [0.717, 1.165) is 57.8 Å². The standard InChI is InChI=1S/C45H85N2O6P/c1-6-8-10-12-14-16-18-20-21-22-23-24-25-26-27-28-30-32-34-36-38-44(48)43(42-53-54(50,51)52-41-40-47(3,4)5)46-45(49)39-37-35-33-31-29-19-17-15-13-11-9-7-2/h15,17,24-25,28,30,36,38,43-44,48H,6-14,16,18-23,26-27,29,31-35,37,39-42H2,1-5H3,(H-,46,49,50,51)/p+1/b17-15-,25-24+,30-28+,38-36+. The number of likely N-dealkylation sites (N-methyl/N-ethyl adjacent to an activating group) is 1. The van der Waals surface area contributed by atoms with Crippen LogP contribution < -0.4 is 5.32 Å². The molecule has 54 heavy (non-hydrogen) atoms. The number of carbonyl (C=O) groups is 1. The summed E-state index contributed by atoms with van der Waals surface area (Å²) < 4.78 is 23.5. The zero-order valence-corrected chi connectivity index (χ0v) is 36.6. The number of rotatable bonds is 39. The lowest BCUT2D eigenvalue weighted by atomic mass is 10.1. The number of hydrogen-bond donors (Lipinski definition) is 3. The summed E-state index contributed by atoms with van der Waals surface area (Å²) >= 11 is 0. The molecule has 0 radical (unpaired) electrons. The second-order valence-electron chi connectivity index (χ2n) is 16.0. The van der Waals surface area contributed by atoms with Crippen molar-refractivity contribution in [2.24, 2.45) is 0 Å². The molecule has 0 aliphatic heterocycles. The number of nitrogens with zero attached hydrogens (tertiary/aromatic N) is 1. The van der Waals surface area contributed by atoms with Gasteiger partial charge in [-0.25, -0.2) is 4.57 Å². The van der Waals surface area contributed by atoms with E-state index >= 15 is 0 Å².